The molecule has 1 saturated carbocycles. The molecular formula is C18H28N2O. The van der Waals surface area contributed by atoms with Gasteiger partial charge in [-0.05, 0) is 45.1 Å². The van der Waals surface area contributed by atoms with E-state index in [-0.39, 0.29) is 23.4 Å². The Morgan fingerprint density at radius 2 is 1.90 bits per heavy atom. The van der Waals surface area contributed by atoms with Crippen LogP contribution in [0.1, 0.15) is 51.5 Å². The molecule has 116 valence electrons. The van der Waals surface area contributed by atoms with E-state index in [2.05, 4.69) is 43.4 Å². The minimum atomic E-state index is -0.190. The predicted octanol–water partition coefficient (Wildman–Crippen LogP) is 3.03. The van der Waals surface area contributed by atoms with Gasteiger partial charge in [0.25, 0.3) is 0 Å². The highest BCUT2D eigenvalue weighted by molar-refractivity contribution is 5.80. The minimum absolute atomic E-state index is 0.00486. The van der Waals surface area contributed by atoms with Gasteiger partial charge in [0.05, 0.1) is 5.92 Å². The maximum Gasteiger partial charge on any atom is 0.225 e. The fourth-order valence-electron chi connectivity index (χ4n) is 3.08. The number of aryl methyl sites for hydroxylation is 1. The van der Waals surface area contributed by atoms with Crippen LogP contribution in [0.2, 0.25) is 0 Å². The predicted molar refractivity (Wildman–Crippen MR) is 86.9 cm³/mol. The van der Waals surface area contributed by atoms with Gasteiger partial charge in [0.1, 0.15) is 0 Å². The van der Waals surface area contributed by atoms with Crippen LogP contribution < -0.4 is 11.1 Å². The maximum atomic E-state index is 12.4. The van der Waals surface area contributed by atoms with Crippen LogP contribution in [0.4, 0.5) is 0 Å². The molecule has 0 radical (unpaired) electrons. The highest BCUT2D eigenvalue weighted by Crippen LogP contribution is 2.24. The number of rotatable bonds is 5. The van der Waals surface area contributed by atoms with E-state index in [1.165, 1.54) is 5.56 Å². The zero-order valence-corrected chi connectivity index (χ0v) is 13.3. The Bertz CT molecular complexity index is 456. The van der Waals surface area contributed by atoms with Gasteiger partial charge in [-0.1, -0.05) is 43.2 Å². The third-order valence-corrected chi connectivity index (χ3v) is 4.50. The highest BCUT2D eigenvalue weighted by atomic mass is 16.2. The fraction of sp³-hybridized carbons (Fsp3) is 0.611. The van der Waals surface area contributed by atoms with E-state index in [1.807, 2.05) is 6.07 Å². The number of hydrogen-bond donors (Lipinski definition) is 2. The van der Waals surface area contributed by atoms with Crippen molar-refractivity contribution in [2.24, 2.45) is 11.7 Å². The molecule has 2 rings (SSSR count). The molecule has 0 spiro atoms. The third kappa shape index (κ3) is 4.85. The Morgan fingerprint density at radius 1 is 1.24 bits per heavy atom. The van der Waals surface area contributed by atoms with Gasteiger partial charge < -0.3 is 11.1 Å². The first kappa shape index (κ1) is 16.0. The molecule has 3 heteroatoms. The number of carbonyl (C=O) groups is 1. The lowest BCUT2D eigenvalue weighted by Crippen LogP contribution is -2.51. The van der Waals surface area contributed by atoms with Crippen molar-refractivity contribution in [3.05, 3.63) is 35.9 Å². The number of nitrogens with one attached hydrogen (secondary N) is 1. The zero-order valence-electron chi connectivity index (χ0n) is 13.3. The summed E-state index contributed by atoms with van der Waals surface area (Å²) in [4.78, 5) is 12.4. The first-order chi connectivity index (χ1) is 9.98. The van der Waals surface area contributed by atoms with Crippen molar-refractivity contribution in [2.75, 3.05) is 0 Å². The summed E-state index contributed by atoms with van der Waals surface area (Å²) in [5.41, 5.74) is 7.23. The Balaban J connectivity index is 1.86. The zero-order chi connectivity index (χ0) is 15.3. The molecule has 0 heterocycles. The van der Waals surface area contributed by atoms with Gasteiger partial charge in [0.15, 0.2) is 0 Å². The van der Waals surface area contributed by atoms with E-state index in [0.29, 0.717) is 0 Å². The Labute approximate surface area is 128 Å². The number of carbonyl (C=O) groups excluding carboxylic acids is 1. The first-order valence-corrected chi connectivity index (χ1v) is 8.09. The summed E-state index contributed by atoms with van der Waals surface area (Å²) < 4.78 is 0. The van der Waals surface area contributed by atoms with Crippen LogP contribution >= 0.6 is 0 Å². The lowest BCUT2D eigenvalue weighted by Gasteiger charge is -2.33. The average Bonchev–Trinajstić information content (AvgIpc) is 2.46. The Hall–Kier alpha value is -1.35. The van der Waals surface area contributed by atoms with E-state index in [4.69, 9.17) is 5.73 Å². The fourth-order valence-corrected chi connectivity index (χ4v) is 3.08. The van der Waals surface area contributed by atoms with Crippen LogP contribution in [0, 0.1) is 5.92 Å². The van der Waals surface area contributed by atoms with E-state index in [9.17, 15) is 4.79 Å². The van der Waals surface area contributed by atoms with Crippen LogP contribution in [-0.2, 0) is 11.2 Å². The van der Waals surface area contributed by atoms with Gasteiger partial charge in [0, 0.05) is 11.6 Å². The van der Waals surface area contributed by atoms with Gasteiger partial charge in [-0.15, -0.1) is 0 Å². The third-order valence-electron chi connectivity index (χ3n) is 4.50. The normalized spacial score (nSPS) is 22.8. The number of benzene rings is 1. The van der Waals surface area contributed by atoms with Crippen LogP contribution in [0.15, 0.2) is 30.3 Å². The molecule has 21 heavy (non-hydrogen) atoms. The molecule has 3 nitrogen and oxygen atoms in total. The summed E-state index contributed by atoms with van der Waals surface area (Å²) in [7, 11) is 0. The molecule has 1 amide bonds. The van der Waals surface area contributed by atoms with E-state index in [1.54, 1.807) is 0 Å². The number of nitrogens with two attached hydrogens (primary N) is 1. The van der Waals surface area contributed by atoms with Crippen LogP contribution in [-0.4, -0.2) is 17.5 Å². The molecule has 1 aliphatic rings. The summed E-state index contributed by atoms with van der Waals surface area (Å²) in [6.07, 6.45) is 6.10. The van der Waals surface area contributed by atoms with Gasteiger partial charge in [0.2, 0.25) is 5.91 Å². The average molecular weight is 288 g/mol. The van der Waals surface area contributed by atoms with Crippen molar-refractivity contribution >= 4 is 5.91 Å². The van der Waals surface area contributed by atoms with Gasteiger partial charge in [-0.25, -0.2) is 0 Å². The molecule has 0 aromatic heterocycles. The van der Waals surface area contributed by atoms with Gasteiger partial charge in [-0.3, -0.25) is 4.79 Å². The molecule has 1 aromatic rings. The van der Waals surface area contributed by atoms with Crippen LogP contribution in [0.25, 0.3) is 0 Å². The molecule has 3 N–H and O–H groups in total. The summed E-state index contributed by atoms with van der Waals surface area (Å²) in [5, 5.41) is 3.21. The number of hydrogen-bond acceptors (Lipinski definition) is 2. The largest absolute Gasteiger partial charge is 0.351 e. The Morgan fingerprint density at radius 3 is 2.57 bits per heavy atom. The second kappa shape index (κ2) is 7.08. The quantitative estimate of drug-likeness (QED) is 0.875. The molecule has 1 aromatic carbocycles. The Kier molecular flexibility index (Phi) is 5.40. The molecule has 2 atom stereocenters. The van der Waals surface area contributed by atoms with Crippen molar-refractivity contribution in [1.82, 2.24) is 5.32 Å². The lowest BCUT2D eigenvalue weighted by molar-refractivity contribution is -0.128. The molecule has 1 fully saturated rings. The molecule has 0 bridgehead atoms. The van der Waals surface area contributed by atoms with Crippen molar-refractivity contribution < 1.29 is 4.79 Å². The first-order valence-electron chi connectivity index (χ1n) is 8.09. The number of amides is 1. The van der Waals surface area contributed by atoms with Crippen LogP contribution in [0.5, 0.6) is 0 Å². The van der Waals surface area contributed by atoms with Crippen molar-refractivity contribution in [2.45, 2.75) is 64.0 Å². The molecule has 0 aliphatic heterocycles. The highest BCUT2D eigenvalue weighted by Gasteiger charge is 2.31. The topological polar surface area (TPSA) is 55.1 Å². The minimum Gasteiger partial charge on any atom is -0.351 e. The lowest BCUT2D eigenvalue weighted by atomic mass is 9.83. The van der Waals surface area contributed by atoms with E-state index < -0.39 is 0 Å². The maximum absolute atomic E-state index is 12.4. The second-order valence-electron chi connectivity index (χ2n) is 6.91. The summed E-state index contributed by atoms with van der Waals surface area (Å²) >= 11 is 0. The summed E-state index contributed by atoms with van der Waals surface area (Å²) in [5.74, 6) is 0.134. The molecule has 0 saturated heterocycles. The van der Waals surface area contributed by atoms with Crippen molar-refractivity contribution in [1.29, 1.82) is 0 Å². The smallest absolute Gasteiger partial charge is 0.225 e. The monoisotopic (exact) mass is 288 g/mol. The molecule has 2 unspecified atom stereocenters. The molecule has 1 aliphatic carbocycles. The van der Waals surface area contributed by atoms with Crippen LogP contribution in [0.3, 0.4) is 0 Å². The van der Waals surface area contributed by atoms with Crippen molar-refractivity contribution in [3.8, 4) is 0 Å². The van der Waals surface area contributed by atoms with Crippen molar-refractivity contribution in [3.63, 3.8) is 0 Å². The van der Waals surface area contributed by atoms with E-state index >= 15 is 0 Å². The molecular weight excluding hydrogens is 260 g/mol. The van der Waals surface area contributed by atoms with E-state index in [0.717, 1.165) is 38.5 Å². The summed E-state index contributed by atoms with van der Waals surface area (Å²) in [6, 6.07) is 10.4. The summed E-state index contributed by atoms with van der Waals surface area (Å²) in [6.45, 7) is 4.20. The van der Waals surface area contributed by atoms with Gasteiger partial charge in [-0.2, -0.15) is 0 Å². The standard InChI is InChI=1S/C18H28N2O/c1-18(2,13-12-14-8-4-3-5-9-14)20-17(21)15-10-6-7-11-16(15)19/h3-5,8-9,15-16H,6-7,10-13,19H2,1-2H3,(H,20,21). The van der Waals surface area contributed by atoms with Gasteiger partial charge >= 0.3 is 0 Å². The second-order valence-corrected chi connectivity index (χ2v) is 6.91. The SMILES string of the molecule is CC(C)(CCc1ccccc1)NC(=O)C1CCCCC1N.